The quantitative estimate of drug-likeness (QED) is 0.723. The van der Waals surface area contributed by atoms with Crippen LogP contribution in [0.2, 0.25) is 0 Å². The second-order valence-corrected chi connectivity index (χ2v) is 2.38. The number of aromatic nitrogens is 2. The molecule has 0 aliphatic carbocycles. The van der Waals surface area contributed by atoms with E-state index in [-0.39, 0.29) is 11.3 Å². The first-order chi connectivity index (χ1) is 5.58. The van der Waals surface area contributed by atoms with Crippen LogP contribution in [0.5, 0.6) is 0 Å². The van der Waals surface area contributed by atoms with Gasteiger partial charge >= 0.3 is 0 Å². The molecule has 1 N–H and O–H groups in total. The van der Waals surface area contributed by atoms with Crippen LogP contribution < -0.4 is 0 Å². The molecule has 0 unspecified atom stereocenters. The molecule has 0 spiro atoms. The SMILES string of the molecule is Cc1ncncc1C(F)(F)CO. The predicted octanol–water partition coefficient (Wildman–Crippen LogP) is 0.869. The first kappa shape index (κ1) is 8.99. The van der Waals surface area contributed by atoms with Crippen molar-refractivity contribution in [3.63, 3.8) is 0 Å². The molecule has 0 aliphatic heterocycles. The zero-order valence-corrected chi connectivity index (χ0v) is 6.46. The Bertz CT molecular complexity index is 278. The third-order valence-corrected chi connectivity index (χ3v) is 1.50. The van der Waals surface area contributed by atoms with Crippen LogP contribution in [0.15, 0.2) is 12.5 Å². The Balaban J connectivity index is 3.10. The first-order valence-corrected chi connectivity index (χ1v) is 3.33. The van der Waals surface area contributed by atoms with Gasteiger partial charge in [0, 0.05) is 11.9 Å². The molecule has 0 aliphatic rings. The highest BCUT2D eigenvalue weighted by molar-refractivity contribution is 5.19. The number of halogens is 2. The normalized spacial score (nSPS) is 11.7. The molecule has 1 heterocycles. The maximum absolute atomic E-state index is 12.8. The summed E-state index contributed by atoms with van der Waals surface area (Å²) in [6.07, 6.45) is 2.20. The van der Waals surface area contributed by atoms with E-state index in [2.05, 4.69) is 9.97 Å². The van der Waals surface area contributed by atoms with Gasteiger partial charge < -0.3 is 5.11 Å². The molecule has 3 nitrogen and oxygen atoms in total. The van der Waals surface area contributed by atoms with Gasteiger partial charge in [0.05, 0.1) is 5.56 Å². The molecule has 12 heavy (non-hydrogen) atoms. The van der Waals surface area contributed by atoms with Crippen molar-refractivity contribution >= 4 is 0 Å². The Labute approximate surface area is 68.1 Å². The highest BCUT2D eigenvalue weighted by Gasteiger charge is 2.32. The lowest BCUT2D eigenvalue weighted by Crippen LogP contribution is -2.20. The summed E-state index contributed by atoms with van der Waals surface area (Å²) in [5.41, 5.74) is -0.142. The van der Waals surface area contributed by atoms with Gasteiger partial charge in [-0.05, 0) is 6.92 Å². The van der Waals surface area contributed by atoms with Crippen LogP contribution in [-0.4, -0.2) is 21.7 Å². The van der Waals surface area contributed by atoms with Crippen molar-refractivity contribution in [2.24, 2.45) is 0 Å². The Morgan fingerprint density at radius 3 is 2.75 bits per heavy atom. The fourth-order valence-corrected chi connectivity index (χ4v) is 0.835. The van der Waals surface area contributed by atoms with Crippen LogP contribution in [0.25, 0.3) is 0 Å². The number of aliphatic hydroxyl groups is 1. The minimum atomic E-state index is -3.24. The fourth-order valence-electron chi connectivity index (χ4n) is 0.835. The van der Waals surface area contributed by atoms with Gasteiger partial charge in [0.2, 0.25) is 0 Å². The monoisotopic (exact) mass is 174 g/mol. The van der Waals surface area contributed by atoms with Crippen LogP contribution in [-0.2, 0) is 5.92 Å². The minimum absolute atomic E-state index is 0.184. The molecule has 1 aromatic rings. The molecule has 0 saturated carbocycles. The summed E-state index contributed by atoms with van der Waals surface area (Å²) in [6.45, 7) is 0.224. The number of aliphatic hydroxyl groups excluding tert-OH is 1. The van der Waals surface area contributed by atoms with E-state index in [1.807, 2.05) is 0 Å². The van der Waals surface area contributed by atoms with E-state index in [1.54, 1.807) is 0 Å². The molecule has 0 fully saturated rings. The lowest BCUT2D eigenvalue weighted by Gasteiger charge is -2.13. The van der Waals surface area contributed by atoms with Crippen molar-refractivity contribution in [2.45, 2.75) is 12.8 Å². The van der Waals surface area contributed by atoms with Crippen LogP contribution in [0.4, 0.5) is 8.78 Å². The number of rotatable bonds is 2. The molecule has 0 aromatic carbocycles. The van der Waals surface area contributed by atoms with Crippen molar-refractivity contribution in [1.82, 2.24) is 9.97 Å². The van der Waals surface area contributed by atoms with Gasteiger partial charge in [-0.2, -0.15) is 8.78 Å². The Hall–Kier alpha value is -1.10. The summed E-state index contributed by atoms with van der Waals surface area (Å²) < 4.78 is 25.6. The average molecular weight is 174 g/mol. The molecular formula is C7H8F2N2O. The molecule has 1 aromatic heterocycles. The van der Waals surface area contributed by atoms with Crippen molar-refractivity contribution < 1.29 is 13.9 Å². The van der Waals surface area contributed by atoms with Crippen molar-refractivity contribution in [2.75, 3.05) is 6.61 Å². The van der Waals surface area contributed by atoms with Gasteiger partial charge in [0.25, 0.3) is 5.92 Å². The third-order valence-electron chi connectivity index (χ3n) is 1.50. The van der Waals surface area contributed by atoms with Gasteiger partial charge in [0.1, 0.15) is 12.9 Å². The average Bonchev–Trinajstić information content (AvgIpc) is 2.05. The van der Waals surface area contributed by atoms with Gasteiger partial charge in [-0.3, -0.25) is 0 Å². The highest BCUT2D eigenvalue weighted by atomic mass is 19.3. The fraction of sp³-hybridized carbons (Fsp3) is 0.429. The van der Waals surface area contributed by atoms with E-state index in [0.29, 0.717) is 0 Å². The Kier molecular flexibility index (Phi) is 2.32. The van der Waals surface area contributed by atoms with Crippen molar-refractivity contribution in [1.29, 1.82) is 0 Å². The number of hydrogen-bond donors (Lipinski definition) is 1. The summed E-state index contributed by atoms with van der Waals surface area (Å²) in [5, 5.41) is 8.37. The maximum Gasteiger partial charge on any atom is 0.299 e. The van der Waals surface area contributed by atoms with Gasteiger partial charge in [-0.25, -0.2) is 9.97 Å². The second kappa shape index (κ2) is 3.10. The summed E-state index contributed by atoms with van der Waals surface area (Å²) in [5.74, 6) is -3.24. The van der Waals surface area contributed by atoms with Crippen molar-refractivity contribution in [3.05, 3.63) is 23.8 Å². The van der Waals surface area contributed by atoms with Crippen molar-refractivity contribution in [3.8, 4) is 0 Å². The summed E-state index contributed by atoms with van der Waals surface area (Å²) in [7, 11) is 0. The number of hydrogen-bond acceptors (Lipinski definition) is 3. The Morgan fingerprint density at radius 2 is 2.25 bits per heavy atom. The van der Waals surface area contributed by atoms with E-state index < -0.39 is 12.5 Å². The van der Waals surface area contributed by atoms with E-state index in [9.17, 15) is 8.78 Å². The zero-order valence-electron chi connectivity index (χ0n) is 6.46. The molecule has 0 bridgehead atoms. The van der Waals surface area contributed by atoms with E-state index >= 15 is 0 Å². The molecule has 0 amide bonds. The van der Waals surface area contributed by atoms with Crippen LogP contribution in [0.1, 0.15) is 11.3 Å². The highest BCUT2D eigenvalue weighted by Crippen LogP contribution is 2.27. The topological polar surface area (TPSA) is 46.0 Å². The van der Waals surface area contributed by atoms with Gasteiger partial charge in [-0.15, -0.1) is 0 Å². The number of nitrogens with zero attached hydrogens (tertiary/aromatic N) is 2. The summed E-state index contributed by atoms with van der Waals surface area (Å²) in [4.78, 5) is 7.05. The number of alkyl halides is 2. The first-order valence-electron chi connectivity index (χ1n) is 3.33. The van der Waals surface area contributed by atoms with Crippen LogP contribution >= 0.6 is 0 Å². The second-order valence-electron chi connectivity index (χ2n) is 2.38. The standard InChI is InChI=1S/C7H8F2N2O/c1-5-6(2-10-4-11-5)7(8,9)3-12/h2,4,12H,3H2,1H3. The molecule has 0 atom stereocenters. The molecule has 1 rings (SSSR count). The van der Waals surface area contributed by atoms with Crippen LogP contribution in [0.3, 0.4) is 0 Å². The van der Waals surface area contributed by atoms with E-state index in [1.165, 1.54) is 13.3 Å². The lowest BCUT2D eigenvalue weighted by molar-refractivity contribution is -0.0567. The maximum atomic E-state index is 12.8. The molecule has 66 valence electrons. The van der Waals surface area contributed by atoms with E-state index in [0.717, 1.165) is 6.20 Å². The number of aryl methyl sites for hydroxylation is 1. The minimum Gasteiger partial charge on any atom is -0.390 e. The molecule has 0 saturated heterocycles. The molecular weight excluding hydrogens is 166 g/mol. The smallest absolute Gasteiger partial charge is 0.299 e. The molecule has 5 heteroatoms. The van der Waals surface area contributed by atoms with E-state index in [4.69, 9.17) is 5.11 Å². The van der Waals surface area contributed by atoms with Crippen LogP contribution in [0, 0.1) is 6.92 Å². The molecule has 0 radical (unpaired) electrons. The summed E-state index contributed by atoms with van der Waals surface area (Å²) >= 11 is 0. The largest absolute Gasteiger partial charge is 0.390 e. The predicted molar refractivity (Wildman–Crippen MR) is 37.7 cm³/mol. The third kappa shape index (κ3) is 1.55. The lowest BCUT2D eigenvalue weighted by atomic mass is 10.1. The Morgan fingerprint density at radius 1 is 1.58 bits per heavy atom. The zero-order chi connectivity index (χ0) is 9.19. The summed E-state index contributed by atoms with van der Waals surface area (Å²) in [6, 6.07) is 0. The van der Waals surface area contributed by atoms with Gasteiger partial charge in [-0.1, -0.05) is 0 Å². The van der Waals surface area contributed by atoms with Gasteiger partial charge in [0.15, 0.2) is 0 Å².